The molecule has 24 heavy (non-hydrogen) atoms. The molecule has 0 amide bonds. The number of benzene rings is 1. The fourth-order valence-corrected chi connectivity index (χ4v) is 3.72. The van der Waals surface area contributed by atoms with Crippen molar-refractivity contribution < 1.29 is 8.42 Å². The van der Waals surface area contributed by atoms with Gasteiger partial charge in [-0.05, 0) is 18.2 Å². The standard InChI is InChI=1S/C15H12ClN5O2S/c1-24(22,23)15-10-6-7-17-8-13(10)20(19-15)9-14-18-11-4-2-3-5-12(11)21(14)16/h2-8H,9H2,1H3. The number of imidazole rings is 1. The summed E-state index contributed by atoms with van der Waals surface area (Å²) in [5.41, 5.74) is 2.16. The first-order valence-corrected chi connectivity index (χ1v) is 9.31. The van der Waals surface area contributed by atoms with E-state index in [9.17, 15) is 8.42 Å². The normalized spacial score (nSPS) is 12.2. The van der Waals surface area contributed by atoms with Gasteiger partial charge in [0.1, 0.15) is 12.4 Å². The predicted octanol–water partition coefficient (Wildman–Crippen LogP) is 2.23. The molecule has 3 heterocycles. The fourth-order valence-electron chi connectivity index (χ4n) is 2.66. The number of halogens is 1. The van der Waals surface area contributed by atoms with Crippen LogP contribution in [-0.2, 0) is 16.4 Å². The monoisotopic (exact) mass is 361 g/mol. The number of fused-ring (bicyclic) bond motifs is 2. The predicted molar refractivity (Wildman–Crippen MR) is 90.7 cm³/mol. The van der Waals surface area contributed by atoms with Crippen LogP contribution in [0.5, 0.6) is 0 Å². The molecule has 0 aliphatic heterocycles. The zero-order valence-corrected chi connectivity index (χ0v) is 14.2. The van der Waals surface area contributed by atoms with Gasteiger partial charge < -0.3 is 0 Å². The van der Waals surface area contributed by atoms with Crippen molar-refractivity contribution in [2.45, 2.75) is 11.6 Å². The van der Waals surface area contributed by atoms with Crippen LogP contribution in [0.1, 0.15) is 5.82 Å². The molecular formula is C15H12ClN5O2S. The van der Waals surface area contributed by atoms with Crippen LogP contribution in [0.25, 0.3) is 21.9 Å². The molecule has 0 saturated heterocycles. The lowest BCUT2D eigenvalue weighted by atomic mass is 10.3. The van der Waals surface area contributed by atoms with Gasteiger partial charge in [0.05, 0.1) is 22.7 Å². The summed E-state index contributed by atoms with van der Waals surface area (Å²) < 4.78 is 27.0. The molecule has 0 N–H and O–H groups in total. The average molecular weight is 362 g/mol. The van der Waals surface area contributed by atoms with Crippen molar-refractivity contribution in [2.24, 2.45) is 0 Å². The van der Waals surface area contributed by atoms with Crippen molar-refractivity contribution in [1.29, 1.82) is 0 Å². The number of sulfone groups is 1. The molecule has 9 heteroatoms. The number of hydrogen-bond acceptors (Lipinski definition) is 5. The zero-order valence-electron chi connectivity index (χ0n) is 12.6. The van der Waals surface area contributed by atoms with Crippen LogP contribution in [0.3, 0.4) is 0 Å². The molecule has 0 spiro atoms. The number of nitrogens with zero attached hydrogens (tertiary/aromatic N) is 5. The molecule has 0 aliphatic rings. The van der Waals surface area contributed by atoms with Crippen LogP contribution in [0.15, 0.2) is 47.8 Å². The number of aromatic nitrogens is 5. The van der Waals surface area contributed by atoms with Crippen LogP contribution in [0, 0.1) is 0 Å². The van der Waals surface area contributed by atoms with Gasteiger partial charge in [0.15, 0.2) is 14.9 Å². The van der Waals surface area contributed by atoms with Crippen molar-refractivity contribution in [1.82, 2.24) is 23.8 Å². The summed E-state index contributed by atoms with van der Waals surface area (Å²) >= 11 is 6.33. The van der Waals surface area contributed by atoms with E-state index in [-0.39, 0.29) is 11.6 Å². The van der Waals surface area contributed by atoms with E-state index in [2.05, 4.69) is 15.1 Å². The van der Waals surface area contributed by atoms with Crippen molar-refractivity contribution in [3.05, 3.63) is 48.5 Å². The van der Waals surface area contributed by atoms with Crippen LogP contribution in [-0.4, -0.2) is 38.5 Å². The number of para-hydroxylation sites is 2. The summed E-state index contributed by atoms with van der Waals surface area (Å²) in [6.07, 6.45) is 4.26. The van der Waals surface area contributed by atoms with E-state index in [1.807, 2.05) is 24.3 Å². The van der Waals surface area contributed by atoms with Gasteiger partial charge in [-0.2, -0.15) is 5.10 Å². The lowest BCUT2D eigenvalue weighted by Crippen LogP contribution is -2.07. The minimum absolute atomic E-state index is 0.0251. The lowest BCUT2D eigenvalue weighted by Gasteiger charge is -2.02. The Labute approximate surface area is 142 Å². The molecule has 0 aliphatic carbocycles. The van der Waals surface area contributed by atoms with E-state index in [1.54, 1.807) is 23.1 Å². The third-order valence-corrected chi connectivity index (χ3v) is 5.11. The first-order chi connectivity index (χ1) is 11.4. The highest BCUT2D eigenvalue weighted by atomic mass is 35.5. The van der Waals surface area contributed by atoms with Gasteiger partial charge in [0.25, 0.3) is 0 Å². The Morgan fingerprint density at radius 1 is 1.17 bits per heavy atom. The molecule has 0 atom stereocenters. The Balaban J connectivity index is 1.89. The lowest BCUT2D eigenvalue weighted by molar-refractivity contribution is 0.590. The van der Waals surface area contributed by atoms with Crippen molar-refractivity contribution in [2.75, 3.05) is 6.26 Å². The van der Waals surface area contributed by atoms with Gasteiger partial charge >= 0.3 is 0 Å². The van der Waals surface area contributed by atoms with E-state index in [1.165, 1.54) is 4.09 Å². The van der Waals surface area contributed by atoms with Gasteiger partial charge in [0, 0.05) is 29.6 Å². The van der Waals surface area contributed by atoms with Gasteiger partial charge in [-0.25, -0.2) is 17.5 Å². The smallest absolute Gasteiger partial charge is 0.195 e. The minimum Gasteiger partial charge on any atom is -0.262 e. The van der Waals surface area contributed by atoms with Crippen LogP contribution >= 0.6 is 11.8 Å². The quantitative estimate of drug-likeness (QED) is 0.559. The summed E-state index contributed by atoms with van der Waals surface area (Å²) in [5, 5.41) is 4.80. The molecule has 4 rings (SSSR count). The SMILES string of the molecule is CS(=O)(=O)c1nn(Cc2nc3ccccc3n2Cl)c2cnccc12. The van der Waals surface area contributed by atoms with Crippen LogP contribution in [0.4, 0.5) is 0 Å². The largest absolute Gasteiger partial charge is 0.262 e. The van der Waals surface area contributed by atoms with Crippen molar-refractivity contribution in [3.8, 4) is 0 Å². The van der Waals surface area contributed by atoms with Crippen molar-refractivity contribution >= 4 is 43.6 Å². The topological polar surface area (TPSA) is 82.7 Å². The molecule has 4 aromatic rings. The number of pyridine rings is 1. The maximum atomic E-state index is 12.0. The molecule has 0 fully saturated rings. The Morgan fingerprint density at radius 2 is 1.96 bits per heavy atom. The number of rotatable bonds is 3. The molecule has 1 aromatic carbocycles. The fraction of sp³-hybridized carbons (Fsp3) is 0.133. The molecular weight excluding hydrogens is 350 g/mol. The molecule has 0 radical (unpaired) electrons. The van der Waals surface area contributed by atoms with Crippen molar-refractivity contribution in [3.63, 3.8) is 0 Å². The summed E-state index contributed by atoms with van der Waals surface area (Å²) in [6.45, 7) is 0.232. The Kier molecular flexibility index (Phi) is 3.33. The van der Waals surface area contributed by atoms with Crippen LogP contribution in [0.2, 0.25) is 0 Å². The molecule has 122 valence electrons. The third kappa shape index (κ3) is 2.35. The summed E-state index contributed by atoms with van der Waals surface area (Å²) in [4.78, 5) is 8.55. The Bertz CT molecular complexity index is 1180. The second-order valence-corrected chi connectivity index (χ2v) is 7.69. The Morgan fingerprint density at radius 3 is 2.71 bits per heavy atom. The molecule has 3 aromatic heterocycles. The first-order valence-electron chi connectivity index (χ1n) is 7.08. The first kappa shape index (κ1) is 15.1. The molecule has 0 bridgehead atoms. The summed E-state index contributed by atoms with van der Waals surface area (Å²) in [5.74, 6) is 0.561. The second-order valence-electron chi connectivity index (χ2n) is 5.43. The third-order valence-electron chi connectivity index (χ3n) is 3.73. The highest BCUT2D eigenvalue weighted by Crippen LogP contribution is 2.23. The van der Waals surface area contributed by atoms with Gasteiger partial charge in [0.2, 0.25) is 0 Å². The van der Waals surface area contributed by atoms with E-state index >= 15 is 0 Å². The van der Waals surface area contributed by atoms with Gasteiger partial charge in [-0.15, -0.1) is 0 Å². The summed E-state index contributed by atoms with van der Waals surface area (Å²) in [6, 6.07) is 9.12. The van der Waals surface area contributed by atoms with E-state index in [4.69, 9.17) is 11.8 Å². The van der Waals surface area contributed by atoms with Crippen LogP contribution < -0.4 is 0 Å². The molecule has 0 unspecified atom stereocenters. The highest BCUT2D eigenvalue weighted by molar-refractivity contribution is 7.90. The number of hydrogen-bond donors (Lipinski definition) is 0. The van der Waals surface area contributed by atoms with Gasteiger partial charge in [-0.1, -0.05) is 12.1 Å². The molecule has 0 saturated carbocycles. The van der Waals surface area contributed by atoms with E-state index < -0.39 is 9.84 Å². The Hall–Kier alpha value is -2.45. The second kappa shape index (κ2) is 5.29. The highest BCUT2D eigenvalue weighted by Gasteiger charge is 2.20. The molecule has 7 nitrogen and oxygen atoms in total. The summed E-state index contributed by atoms with van der Waals surface area (Å²) in [7, 11) is -3.46. The van der Waals surface area contributed by atoms with E-state index in [0.29, 0.717) is 16.7 Å². The van der Waals surface area contributed by atoms with E-state index in [0.717, 1.165) is 17.3 Å². The zero-order chi connectivity index (χ0) is 16.9. The maximum absolute atomic E-state index is 12.0. The maximum Gasteiger partial charge on any atom is 0.195 e. The van der Waals surface area contributed by atoms with Gasteiger partial charge in [-0.3, -0.25) is 9.67 Å². The minimum atomic E-state index is -3.46. The average Bonchev–Trinajstić information content (AvgIpc) is 3.07.